The fourth-order valence-electron chi connectivity index (χ4n) is 4.52. The number of amides is 1. The zero-order valence-electron chi connectivity index (χ0n) is 17.9. The molecule has 0 bridgehead atoms. The molecule has 5 nitrogen and oxygen atoms in total. The zero-order chi connectivity index (χ0) is 20.6. The van der Waals surface area contributed by atoms with Gasteiger partial charge in [0.1, 0.15) is 0 Å². The molecule has 1 N–H and O–H groups in total. The van der Waals surface area contributed by atoms with Gasteiger partial charge in [0.2, 0.25) is 5.91 Å². The van der Waals surface area contributed by atoms with Crippen LogP contribution in [0.4, 0.5) is 0 Å². The molecule has 2 fully saturated rings. The third-order valence-corrected chi connectivity index (χ3v) is 6.28. The van der Waals surface area contributed by atoms with E-state index in [2.05, 4.69) is 80.7 Å². The van der Waals surface area contributed by atoms with Gasteiger partial charge in [0.05, 0.1) is 6.54 Å². The number of hydrogen-bond donors (Lipinski definition) is 1. The molecule has 0 saturated carbocycles. The smallest absolute Gasteiger partial charge is 0.234 e. The van der Waals surface area contributed by atoms with Crippen LogP contribution in [0.25, 0.3) is 0 Å². The number of carbonyl (C=O) groups is 1. The number of likely N-dealkylation sites (tertiary alicyclic amines) is 1. The molecule has 2 aliphatic rings. The van der Waals surface area contributed by atoms with Crippen molar-refractivity contribution in [3.8, 4) is 0 Å². The van der Waals surface area contributed by atoms with Gasteiger partial charge in [-0.15, -0.1) is 0 Å². The summed E-state index contributed by atoms with van der Waals surface area (Å²) in [5.74, 6) is 0.180. The molecular formula is C25H34N4O. The number of benzene rings is 2. The molecule has 0 aromatic heterocycles. The van der Waals surface area contributed by atoms with Crippen LogP contribution in [0, 0.1) is 0 Å². The molecule has 30 heavy (non-hydrogen) atoms. The molecule has 2 saturated heterocycles. The van der Waals surface area contributed by atoms with E-state index in [1.165, 1.54) is 11.1 Å². The summed E-state index contributed by atoms with van der Waals surface area (Å²) >= 11 is 0. The summed E-state index contributed by atoms with van der Waals surface area (Å²) in [6, 6.07) is 21.5. The first-order valence-corrected chi connectivity index (χ1v) is 11.3. The maximum absolute atomic E-state index is 12.5. The van der Waals surface area contributed by atoms with E-state index in [1.54, 1.807) is 0 Å². The second kappa shape index (κ2) is 10.7. The second-order valence-corrected chi connectivity index (χ2v) is 8.63. The first-order valence-electron chi connectivity index (χ1n) is 11.3. The molecule has 0 spiro atoms. The number of piperazine rings is 1. The van der Waals surface area contributed by atoms with Crippen LogP contribution in [0.3, 0.4) is 0 Å². The SMILES string of the molecule is O=C(CN1CCN(CCc2ccccc2)CC1)NC1CCN(Cc2ccccc2)C1. The van der Waals surface area contributed by atoms with Crippen molar-refractivity contribution in [2.75, 3.05) is 52.4 Å². The fraction of sp³-hybridized carbons (Fsp3) is 0.480. The molecule has 4 rings (SSSR count). The monoisotopic (exact) mass is 406 g/mol. The standard InChI is InChI=1S/C25H34N4O/c30-25(26-24-12-14-29(20-24)19-23-9-5-2-6-10-23)21-28-17-15-27(16-18-28)13-11-22-7-3-1-4-8-22/h1-10,24H,11-21H2,(H,26,30). The van der Waals surface area contributed by atoms with Crippen LogP contribution in [0.5, 0.6) is 0 Å². The Hall–Kier alpha value is -2.21. The summed E-state index contributed by atoms with van der Waals surface area (Å²) in [4.78, 5) is 19.8. The highest BCUT2D eigenvalue weighted by molar-refractivity contribution is 5.78. The van der Waals surface area contributed by atoms with Crippen molar-refractivity contribution in [1.82, 2.24) is 20.0 Å². The van der Waals surface area contributed by atoms with Crippen LogP contribution in [-0.4, -0.2) is 79.0 Å². The number of nitrogens with zero attached hydrogens (tertiary/aromatic N) is 3. The van der Waals surface area contributed by atoms with Crippen molar-refractivity contribution in [3.05, 3.63) is 71.8 Å². The van der Waals surface area contributed by atoms with E-state index in [1.807, 2.05) is 0 Å². The highest BCUT2D eigenvalue weighted by atomic mass is 16.2. The van der Waals surface area contributed by atoms with Gasteiger partial charge in [0.15, 0.2) is 0 Å². The summed E-state index contributed by atoms with van der Waals surface area (Å²) in [5, 5.41) is 3.26. The quantitative estimate of drug-likeness (QED) is 0.730. The van der Waals surface area contributed by atoms with E-state index in [0.29, 0.717) is 6.54 Å². The predicted molar refractivity (Wildman–Crippen MR) is 121 cm³/mol. The average molecular weight is 407 g/mol. The first-order chi connectivity index (χ1) is 14.7. The van der Waals surface area contributed by atoms with E-state index in [0.717, 1.165) is 65.2 Å². The van der Waals surface area contributed by atoms with Gasteiger partial charge in [-0.25, -0.2) is 0 Å². The van der Waals surface area contributed by atoms with Gasteiger partial charge in [0, 0.05) is 58.4 Å². The Labute approximate surface area is 180 Å². The van der Waals surface area contributed by atoms with Gasteiger partial charge in [-0.3, -0.25) is 14.6 Å². The predicted octanol–water partition coefficient (Wildman–Crippen LogP) is 2.24. The third-order valence-electron chi connectivity index (χ3n) is 6.28. The maximum atomic E-state index is 12.5. The zero-order valence-corrected chi connectivity index (χ0v) is 17.9. The van der Waals surface area contributed by atoms with Crippen molar-refractivity contribution >= 4 is 5.91 Å². The van der Waals surface area contributed by atoms with Crippen molar-refractivity contribution in [2.24, 2.45) is 0 Å². The molecule has 0 aliphatic carbocycles. The van der Waals surface area contributed by atoms with Crippen LogP contribution in [0.2, 0.25) is 0 Å². The van der Waals surface area contributed by atoms with Crippen molar-refractivity contribution in [1.29, 1.82) is 0 Å². The molecule has 0 radical (unpaired) electrons. The Balaban J connectivity index is 1.12. The van der Waals surface area contributed by atoms with Crippen LogP contribution in [0.15, 0.2) is 60.7 Å². The van der Waals surface area contributed by atoms with E-state index in [4.69, 9.17) is 0 Å². The summed E-state index contributed by atoms with van der Waals surface area (Å²) in [5.41, 5.74) is 2.74. The van der Waals surface area contributed by atoms with Gasteiger partial charge in [-0.1, -0.05) is 60.7 Å². The highest BCUT2D eigenvalue weighted by Crippen LogP contribution is 2.13. The molecule has 2 aromatic rings. The minimum absolute atomic E-state index is 0.180. The number of nitrogens with one attached hydrogen (secondary N) is 1. The lowest BCUT2D eigenvalue weighted by atomic mass is 10.1. The Morgan fingerprint density at radius 1 is 0.800 bits per heavy atom. The fourth-order valence-corrected chi connectivity index (χ4v) is 4.52. The minimum Gasteiger partial charge on any atom is -0.351 e. The molecular weight excluding hydrogens is 372 g/mol. The maximum Gasteiger partial charge on any atom is 0.234 e. The van der Waals surface area contributed by atoms with Crippen molar-refractivity contribution in [2.45, 2.75) is 25.4 Å². The third kappa shape index (κ3) is 6.39. The van der Waals surface area contributed by atoms with E-state index in [-0.39, 0.29) is 11.9 Å². The van der Waals surface area contributed by atoms with Crippen molar-refractivity contribution in [3.63, 3.8) is 0 Å². The van der Waals surface area contributed by atoms with Gasteiger partial charge in [-0.05, 0) is 24.0 Å². The summed E-state index contributed by atoms with van der Waals surface area (Å²) < 4.78 is 0. The van der Waals surface area contributed by atoms with Gasteiger partial charge < -0.3 is 10.2 Å². The Morgan fingerprint density at radius 2 is 1.43 bits per heavy atom. The van der Waals surface area contributed by atoms with Gasteiger partial charge in [0.25, 0.3) is 0 Å². The van der Waals surface area contributed by atoms with Crippen LogP contribution < -0.4 is 5.32 Å². The van der Waals surface area contributed by atoms with Gasteiger partial charge >= 0.3 is 0 Å². The Morgan fingerprint density at radius 3 is 2.13 bits per heavy atom. The normalized spacial score (nSPS) is 21.0. The molecule has 5 heteroatoms. The Kier molecular flexibility index (Phi) is 7.51. The lowest BCUT2D eigenvalue weighted by Crippen LogP contribution is -2.51. The summed E-state index contributed by atoms with van der Waals surface area (Å²) in [6.45, 7) is 8.67. The minimum atomic E-state index is 0.180. The highest BCUT2D eigenvalue weighted by Gasteiger charge is 2.25. The van der Waals surface area contributed by atoms with Gasteiger partial charge in [-0.2, -0.15) is 0 Å². The molecule has 160 valence electrons. The number of rotatable bonds is 8. The number of carbonyl (C=O) groups excluding carboxylic acids is 1. The van der Waals surface area contributed by atoms with E-state index in [9.17, 15) is 4.79 Å². The molecule has 1 amide bonds. The lowest BCUT2D eigenvalue weighted by Gasteiger charge is -2.34. The van der Waals surface area contributed by atoms with Crippen LogP contribution >= 0.6 is 0 Å². The first kappa shape index (κ1) is 21.0. The molecule has 2 aromatic carbocycles. The largest absolute Gasteiger partial charge is 0.351 e. The average Bonchev–Trinajstić information content (AvgIpc) is 3.21. The lowest BCUT2D eigenvalue weighted by molar-refractivity contribution is -0.123. The topological polar surface area (TPSA) is 38.8 Å². The van der Waals surface area contributed by atoms with Crippen molar-refractivity contribution < 1.29 is 4.79 Å². The van der Waals surface area contributed by atoms with Crippen LogP contribution in [0.1, 0.15) is 17.5 Å². The molecule has 2 heterocycles. The Bertz CT molecular complexity index is 774. The summed E-state index contributed by atoms with van der Waals surface area (Å²) in [7, 11) is 0. The second-order valence-electron chi connectivity index (χ2n) is 8.63. The van der Waals surface area contributed by atoms with E-state index < -0.39 is 0 Å². The summed E-state index contributed by atoms with van der Waals surface area (Å²) in [6.07, 6.45) is 2.15. The van der Waals surface area contributed by atoms with E-state index >= 15 is 0 Å². The molecule has 2 aliphatic heterocycles. The molecule has 1 atom stereocenters. The number of hydrogen-bond acceptors (Lipinski definition) is 4. The molecule has 1 unspecified atom stereocenters. The van der Waals surface area contributed by atoms with Crippen LogP contribution in [-0.2, 0) is 17.8 Å².